The Morgan fingerprint density at radius 2 is 2.38 bits per heavy atom. The van der Waals surface area contributed by atoms with Crippen molar-refractivity contribution in [1.29, 1.82) is 0 Å². The monoisotopic (exact) mass is 202 g/mol. The average molecular weight is 202 g/mol. The summed E-state index contributed by atoms with van der Waals surface area (Å²) < 4.78 is 0. The highest BCUT2D eigenvalue weighted by molar-refractivity contribution is 8.14. The van der Waals surface area contributed by atoms with Gasteiger partial charge in [-0.15, -0.1) is 11.8 Å². The quantitative estimate of drug-likeness (QED) is 0.711. The molecule has 3 nitrogen and oxygen atoms in total. The van der Waals surface area contributed by atoms with Crippen molar-refractivity contribution in [3.05, 3.63) is 0 Å². The third-order valence-electron chi connectivity index (χ3n) is 2.53. The van der Waals surface area contributed by atoms with Crippen LogP contribution in [0.4, 0.5) is 0 Å². The van der Waals surface area contributed by atoms with Crippen LogP contribution >= 0.6 is 11.8 Å². The topological polar surface area (TPSA) is 58.6 Å². The van der Waals surface area contributed by atoms with Crippen molar-refractivity contribution in [2.45, 2.75) is 32.4 Å². The molecule has 3 N–H and O–H groups in total. The molecule has 0 aliphatic carbocycles. The lowest BCUT2D eigenvalue weighted by Gasteiger charge is -2.23. The summed E-state index contributed by atoms with van der Waals surface area (Å²) in [7, 11) is 0. The van der Waals surface area contributed by atoms with E-state index >= 15 is 0 Å². The molecule has 4 heteroatoms. The molecule has 1 rings (SSSR count). The third-order valence-corrected chi connectivity index (χ3v) is 3.58. The molecule has 3 atom stereocenters. The van der Waals surface area contributed by atoms with E-state index in [9.17, 15) is 5.11 Å². The van der Waals surface area contributed by atoms with Crippen molar-refractivity contribution >= 4 is 16.8 Å². The third kappa shape index (κ3) is 2.69. The first-order valence-electron chi connectivity index (χ1n) is 4.77. The van der Waals surface area contributed by atoms with Gasteiger partial charge in [-0.1, -0.05) is 20.3 Å². The minimum atomic E-state index is -0.553. The van der Waals surface area contributed by atoms with Crippen molar-refractivity contribution in [3.8, 4) is 0 Å². The second-order valence-electron chi connectivity index (χ2n) is 3.48. The average Bonchev–Trinajstić information content (AvgIpc) is 2.67. The fraction of sp³-hybridized carbons (Fsp3) is 0.889. The lowest BCUT2D eigenvalue weighted by atomic mass is 9.96. The molecular weight excluding hydrogens is 184 g/mol. The van der Waals surface area contributed by atoms with E-state index in [4.69, 9.17) is 5.73 Å². The Hall–Kier alpha value is -0.0600. The summed E-state index contributed by atoms with van der Waals surface area (Å²) in [6, 6.07) is -0.172. The summed E-state index contributed by atoms with van der Waals surface area (Å²) in [5, 5.41) is 10.7. The van der Waals surface area contributed by atoms with E-state index in [1.165, 1.54) is 0 Å². The minimum absolute atomic E-state index is 0.172. The molecule has 0 radical (unpaired) electrons. The normalized spacial score (nSPS) is 23.8. The molecule has 0 aromatic carbocycles. The Balaban J connectivity index is 2.50. The molecule has 1 heterocycles. The Morgan fingerprint density at radius 1 is 1.69 bits per heavy atom. The molecule has 0 saturated carbocycles. The number of hydrogen-bond acceptors (Lipinski definition) is 4. The number of aliphatic imine (C=N–C) groups is 1. The zero-order valence-corrected chi connectivity index (χ0v) is 9.05. The van der Waals surface area contributed by atoms with Gasteiger partial charge in [0, 0.05) is 18.3 Å². The van der Waals surface area contributed by atoms with Crippen LogP contribution in [0.5, 0.6) is 0 Å². The van der Waals surface area contributed by atoms with E-state index in [1.807, 2.05) is 0 Å². The summed E-state index contributed by atoms with van der Waals surface area (Å²) in [6.07, 6.45) is 0.443. The van der Waals surface area contributed by atoms with E-state index in [1.54, 1.807) is 11.8 Å². The van der Waals surface area contributed by atoms with E-state index in [0.717, 1.165) is 23.8 Å². The van der Waals surface area contributed by atoms with Crippen LogP contribution in [0.3, 0.4) is 0 Å². The summed E-state index contributed by atoms with van der Waals surface area (Å²) >= 11 is 1.63. The van der Waals surface area contributed by atoms with Crippen molar-refractivity contribution in [1.82, 2.24) is 0 Å². The molecule has 0 amide bonds. The molecule has 76 valence electrons. The second kappa shape index (κ2) is 4.98. The molecule has 0 aromatic heterocycles. The highest BCUT2D eigenvalue weighted by Crippen LogP contribution is 2.19. The standard InChI is InChI=1S/C9H18N2OS/c1-3-6(2)7(10)8(12)9-11-4-5-13-9/h6-8,12H,3-5,10H2,1-2H3/t6-,7-,8?/m0/s1. The highest BCUT2D eigenvalue weighted by Gasteiger charge is 2.26. The first kappa shape index (κ1) is 11.0. The van der Waals surface area contributed by atoms with Crippen LogP contribution in [0.1, 0.15) is 20.3 Å². The van der Waals surface area contributed by atoms with Crippen LogP contribution in [-0.2, 0) is 0 Å². The summed E-state index contributed by atoms with van der Waals surface area (Å²) in [6.45, 7) is 4.97. The zero-order chi connectivity index (χ0) is 9.84. The molecule has 0 fully saturated rings. The molecule has 0 aromatic rings. The zero-order valence-electron chi connectivity index (χ0n) is 8.23. The van der Waals surface area contributed by atoms with Gasteiger partial charge < -0.3 is 10.8 Å². The Morgan fingerprint density at radius 3 is 2.85 bits per heavy atom. The predicted octanol–water partition coefficient (Wildman–Crippen LogP) is 0.866. The van der Waals surface area contributed by atoms with Gasteiger partial charge in [-0.3, -0.25) is 4.99 Å². The summed E-state index contributed by atoms with van der Waals surface area (Å²) in [5.41, 5.74) is 5.91. The van der Waals surface area contributed by atoms with Crippen LogP contribution in [0.25, 0.3) is 0 Å². The van der Waals surface area contributed by atoms with Gasteiger partial charge in [0.1, 0.15) is 6.10 Å². The Labute approximate surface area is 83.8 Å². The van der Waals surface area contributed by atoms with E-state index in [-0.39, 0.29) is 6.04 Å². The van der Waals surface area contributed by atoms with Gasteiger partial charge in [0.2, 0.25) is 0 Å². The lowest BCUT2D eigenvalue weighted by Crippen LogP contribution is -2.43. The fourth-order valence-corrected chi connectivity index (χ4v) is 2.18. The molecule has 13 heavy (non-hydrogen) atoms. The van der Waals surface area contributed by atoms with E-state index < -0.39 is 6.10 Å². The maximum absolute atomic E-state index is 9.84. The van der Waals surface area contributed by atoms with Gasteiger partial charge in [0.15, 0.2) is 0 Å². The van der Waals surface area contributed by atoms with E-state index in [2.05, 4.69) is 18.8 Å². The van der Waals surface area contributed by atoms with Crippen LogP contribution in [0.15, 0.2) is 4.99 Å². The molecular formula is C9H18N2OS. The maximum Gasteiger partial charge on any atom is 0.117 e. The number of hydrogen-bond donors (Lipinski definition) is 2. The Bertz CT molecular complexity index is 196. The van der Waals surface area contributed by atoms with E-state index in [0.29, 0.717) is 5.92 Å². The van der Waals surface area contributed by atoms with Crippen LogP contribution in [0.2, 0.25) is 0 Å². The highest BCUT2D eigenvalue weighted by atomic mass is 32.2. The number of aliphatic hydroxyl groups excluding tert-OH is 1. The number of nitrogens with zero attached hydrogens (tertiary/aromatic N) is 1. The van der Waals surface area contributed by atoms with Gasteiger partial charge in [0.25, 0.3) is 0 Å². The first-order chi connectivity index (χ1) is 6.16. The molecule has 0 spiro atoms. The van der Waals surface area contributed by atoms with Gasteiger partial charge in [-0.05, 0) is 5.92 Å². The summed E-state index contributed by atoms with van der Waals surface area (Å²) in [4.78, 5) is 4.22. The van der Waals surface area contributed by atoms with Crippen molar-refractivity contribution < 1.29 is 5.11 Å². The van der Waals surface area contributed by atoms with Gasteiger partial charge in [-0.25, -0.2) is 0 Å². The molecule has 0 saturated heterocycles. The molecule has 0 bridgehead atoms. The maximum atomic E-state index is 9.84. The fourth-order valence-electron chi connectivity index (χ4n) is 1.28. The van der Waals surface area contributed by atoms with Crippen molar-refractivity contribution in [2.24, 2.45) is 16.6 Å². The Kier molecular flexibility index (Phi) is 4.22. The SMILES string of the molecule is CC[C@H](C)[C@H](N)C(O)C1=NCCS1. The van der Waals surface area contributed by atoms with Crippen LogP contribution in [-0.4, -0.2) is 34.6 Å². The van der Waals surface area contributed by atoms with Gasteiger partial charge in [-0.2, -0.15) is 0 Å². The number of rotatable bonds is 4. The molecule has 1 aliphatic heterocycles. The molecule has 1 unspecified atom stereocenters. The number of aliphatic hydroxyl groups is 1. The largest absolute Gasteiger partial charge is 0.385 e. The first-order valence-corrected chi connectivity index (χ1v) is 5.76. The van der Waals surface area contributed by atoms with Crippen molar-refractivity contribution in [2.75, 3.05) is 12.3 Å². The van der Waals surface area contributed by atoms with Crippen molar-refractivity contribution in [3.63, 3.8) is 0 Å². The second-order valence-corrected chi connectivity index (χ2v) is 4.59. The van der Waals surface area contributed by atoms with Gasteiger partial charge >= 0.3 is 0 Å². The van der Waals surface area contributed by atoms with Crippen LogP contribution < -0.4 is 5.73 Å². The van der Waals surface area contributed by atoms with Crippen LogP contribution in [0, 0.1) is 5.92 Å². The number of nitrogens with two attached hydrogens (primary N) is 1. The molecule has 1 aliphatic rings. The number of thioether (sulfide) groups is 1. The smallest absolute Gasteiger partial charge is 0.117 e. The minimum Gasteiger partial charge on any atom is -0.385 e. The summed E-state index contributed by atoms with van der Waals surface area (Å²) in [5.74, 6) is 1.33. The predicted molar refractivity (Wildman–Crippen MR) is 58.2 cm³/mol. The van der Waals surface area contributed by atoms with Gasteiger partial charge in [0.05, 0.1) is 5.04 Å². The lowest BCUT2D eigenvalue weighted by molar-refractivity contribution is 0.181.